The number of halogens is 1. The van der Waals surface area contributed by atoms with E-state index in [1.165, 1.54) is 5.56 Å². The highest BCUT2D eigenvalue weighted by atomic mass is 35.5. The van der Waals surface area contributed by atoms with Crippen LogP contribution in [0.1, 0.15) is 47.8 Å². The van der Waals surface area contributed by atoms with Gasteiger partial charge in [-0.15, -0.1) is 0 Å². The summed E-state index contributed by atoms with van der Waals surface area (Å²) in [5.41, 5.74) is 7.30. The minimum Gasteiger partial charge on any atom is -0.354 e. The van der Waals surface area contributed by atoms with Gasteiger partial charge >= 0.3 is 0 Å². The van der Waals surface area contributed by atoms with Gasteiger partial charge in [-0.3, -0.25) is 9.59 Å². The molecule has 0 atom stereocenters. The number of aromatic nitrogens is 1. The molecule has 1 aromatic heterocycles. The largest absolute Gasteiger partial charge is 0.354 e. The summed E-state index contributed by atoms with van der Waals surface area (Å²) in [4.78, 5) is 28.8. The Bertz CT molecular complexity index is 1470. The maximum absolute atomic E-state index is 12.7. The van der Waals surface area contributed by atoms with Gasteiger partial charge in [0.2, 0.25) is 5.91 Å². The minimum atomic E-state index is -0.0964. The minimum absolute atomic E-state index is 0.0117. The fourth-order valence-corrected chi connectivity index (χ4v) is 4.47. The lowest BCUT2D eigenvalue weighted by Gasteiger charge is -2.19. The zero-order valence-electron chi connectivity index (χ0n) is 19.3. The molecular formula is C29H25ClN2O2. The smallest absolute Gasteiger partial charge is 0.228 e. The number of nitrogens with one attached hydrogen (secondary N) is 2. The average molecular weight is 469 g/mol. The van der Waals surface area contributed by atoms with Gasteiger partial charge < -0.3 is 10.3 Å². The first-order valence-electron chi connectivity index (χ1n) is 11.3. The first-order valence-corrected chi connectivity index (χ1v) is 11.6. The summed E-state index contributed by atoms with van der Waals surface area (Å²) in [5, 5.41) is 4.69. The highest BCUT2D eigenvalue weighted by molar-refractivity contribution is 6.30. The van der Waals surface area contributed by atoms with Gasteiger partial charge in [0.15, 0.2) is 5.78 Å². The normalized spacial score (nSPS) is 13.5. The molecule has 0 saturated carbocycles. The summed E-state index contributed by atoms with van der Waals surface area (Å²) < 4.78 is 0. The van der Waals surface area contributed by atoms with E-state index < -0.39 is 0 Å². The lowest BCUT2D eigenvalue weighted by Crippen LogP contribution is -2.13. The molecule has 4 nitrogen and oxygen atoms in total. The molecule has 0 aliphatic carbocycles. The second-order valence-electron chi connectivity index (χ2n) is 9.72. The number of hydrogen-bond donors (Lipinski definition) is 2. The van der Waals surface area contributed by atoms with Crippen LogP contribution in [0.15, 0.2) is 66.7 Å². The molecule has 4 aromatic rings. The third-order valence-corrected chi connectivity index (χ3v) is 6.50. The van der Waals surface area contributed by atoms with Crippen LogP contribution in [0.5, 0.6) is 0 Å². The van der Waals surface area contributed by atoms with Crippen molar-refractivity contribution < 1.29 is 9.59 Å². The van der Waals surface area contributed by atoms with E-state index in [0.717, 1.165) is 39.0 Å². The highest BCUT2D eigenvalue weighted by Gasteiger charge is 2.24. The second kappa shape index (κ2) is 8.30. The first kappa shape index (κ1) is 22.2. The molecule has 0 spiro atoms. The Morgan fingerprint density at radius 1 is 1.00 bits per heavy atom. The van der Waals surface area contributed by atoms with Crippen molar-refractivity contribution in [3.05, 3.63) is 94.0 Å². The van der Waals surface area contributed by atoms with Gasteiger partial charge in [-0.2, -0.15) is 0 Å². The maximum atomic E-state index is 12.7. The Hall–Kier alpha value is -3.63. The third kappa shape index (κ3) is 4.17. The quantitative estimate of drug-likeness (QED) is 0.247. The van der Waals surface area contributed by atoms with Gasteiger partial charge in [0.25, 0.3) is 0 Å². The van der Waals surface area contributed by atoms with Gasteiger partial charge in [-0.25, -0.2) is 0 Å². The Morgan fingerprint density at radius 2 is 1.76 bits per heavy atom. The van der Waals surface area contributed by atoms with Crippen LogP contribution in [0, 0.1) is 0 Å². The van der Waals surface area contributed by atoms with E-state index in [9.17, 15) is 9.59 Å². The highest BCUT2D eigenvalue weighted by Crippen LogP contribution is 2.39. The van der Waals surface area contributed by atoms with Crippen molar-refractivity contribution in [1.29, 1.82) is 0 Å². The SMILES string of the molecule is CC(C)(C)c1ccc2[nH]c3c(c2c1)CC(=O)Nc1ccc(C=CC(=O)c2ccc(Cl)cc2)cc1-3. The summed E-state index contributed by atoms with van der Waals surface area (Å²) in [6.07, 6.45) is 3.66. The fourth-order valence-electron chi connectivity index (χ4n) is 4.35. The summed E-state index contributed by atoms with van der Waals surface area (Å²) in [6, 6.07) is 19.1. The number of carbonyl (C=O) groups excluding carboxylic acids is 2. The molecule has 5 rings (SSSR count). The Balaban J connectivity index is 1.57. The van der Waals surface area contributed by atoms with Gasteiger partial charge in [0, 0.05) is 27.1 Å². The Labute approximate surface area is 203 Å². The predicted octanol–water partition coefficient (Wildman–Crippen LogP) is 7.18. The lowest BCUT2D eigenvalue weighted by atomic mass is 9.86. The summed E-state index contributed by atoms with van der Waals surface area (Å²) >= 11 is 5.92. The van der Waals surface area contributed by atoms with E-state index in [2.05, 4.69) is 49.3 Å². The first-order chi connectivity index (χ1) is 16.2. The topological polar surface area (TPSA) is 62.0 Å². The molecule has 0 saturated heterocycles. The molecule has 3 aromatic carbocycles. The van der Waals surface area contributed by atoms with Crippen LogP contribution in [0.3, 0.4) is 0 Å². The molecule has 0 bridgehead atoms. The molecule has 1 aliphatic rings. The van der Waals surface area contributed by atoms with Crippen LogP contribution in [-0.4, -0.2) is 16.7 Å². The standard InChI is InChI=1S/C29H25ClN2O2/c1-29(2,3)19-8-12-24-21(15-19)22-16-27(34)31-25-11-4-17(14-23(25)28(22)32-24)5-13-26(33)18-6-9-20(30)10-7-18/h4-15,32H,16H2,1-3H3,(H,31,34). The molecule has 2 N–H and O–H groups in total. The molecule has 2 heterocycles. The van der Waals surface area contributed by atoms with Crippen LogP contribution in [-0.2, 0) is 16.6 Å². The molecule has 0 fully saturated rings. The van der Waals surface area contributed by atoms with E-state index in [1.807, 2.05) is 18.2 Å². The number of fused-ring (bicyclic) bond motifs is 5. The lowest BCUT2D eigenvalue weighted by molar-refractivity contribution is -0.115. The van der Waals surface area contributed by atoms with Crippen LogP contribution >= 0.6 is 11.6 Å². The van der Waals surface area contributed by atoms with E-state index in [0.29, 0.717) is 17.0 Å². The summed E-state index contributed by atoms with van der Waals surface area (Å²) in [6.45, 7) is 6.56. The molecule has 0 radical (unpaired) electrons. The number of allylic oxidation sites excluding steroid dienone is 1. The number of benzene rings is 3. The van der Waals surface area contributed by atoms with Crippen molar-refractivity contribution in [2.75, 3.05) is 5.32 Å². The zero-order chi connectivity index (χ0) is 24.0. The van der Waals surface area contributed by atoms with E-state index in [-0.39, 0.29) is 17.1 Å². The van der Waals surface area contributed by atoms with Crippen molar-refractivity contribution in [1.82, 2.24) is 4.98 Å². The number of aromatic amines is 1. The summed E-state index contributed by atoms with van der Waals surface area (Å²) in [5.74, 6) is -0.135. The van der Waals surface area contributed by atoms with Crippen molar-refractivity contribution in [2.24, 2.45) is 0 Å². The molecule has 1 amide bonds. The van der Waals surface area contributed by atoms with Crippen molar-refractivity contribution >= 4 is 46.0 Å². The number of rotatable bonds is 3. The van der Waals surface area contributed by atoms with Crippen LogP contribution in [0.25, 0.3) is 28.2 Å². The van der Waals surface area contributed by atoms with Crippen molar-refractivity contribution in [3.63, 3.8) is 0 Å². The average Bonchev–Trinajstić information content (AvgIpc) is 3.08. The predicted molar refractivity (Wildman–Crippen MR) is 140 cm³/mol. The Morgan fingerprint density at radius 3 is 2.50 bits per heavy atom. The molecule has 1 aliphatic heterocycles. The molecule has 5 heteroatoms. The van der Waals surface area contributed by atoms with Crippen molar-refractivity contribution in [2.45, 2.75) is 32.6 Å². The number of ketones is 1. The van der Waals surface area contributed by atoms with Gasteiger partial charge in [-0.1, -0.05) is 50.6 Å². The van der Waals surface area contributed by atoms with Crippen LogP contribution < -0.4 is 5.32 Å². The number of carbonyl (C=O) groups is 2. The number of H-pyrrole nitrogens is 1. The Kier molecular flexibility index (Phi) is 5.41. The third-order valence-electron chi connectivity index (χ3n) is 6.25. The number of hydrogen-bond acceptors (Lipinski definition) is 2. The summed E-state index contributed by atoms with van der Waals surface area (Å²) in [7, 11) is 0. The molecular weight excluding hydrogens is 444 g/mol. The van der Waals surface area contributed by atoms with Gasteiger partial charge in [0.05, 0.1) is 17.8 Å². The molecule has 0 unspecified atom stereocenters. The zero-order valence-corrected chi connectivity index (χ0v) is 20.1. The molecule has 170 valence electrons. The van der Waals surface area contributed by atoms with E-state index >= 15 is 0 Å². The van der Waals surface area contributed by atoms with Crippen LogP contribution in [0.2, 0.25) is 5.02 Å². The van der Waals surface area contributed by atoms with Gasteiger partial charge in [0.1, 0.15) is 0 Å². The molecule has 34 heavy (non-hydrogen) atoms. The fraction of sp³-hybridized carbons (Fsp3) is 0.172. The van der Waals surface area contributed by atoms with E-state index in [4.69, 9.17) is 11.6 Å². The number of anilines is 1. The van der Waals surface area contributed by atoms with Crippen LogP contribution in [0.4, 0.5) is 5.69 Å². The van der Waals surface area contributed by atoms with Gasteiger partial charge in [-0.05, 0) is 76.7 Å². The van der Waals surface area contributed by atoms with E-state index in [1.54, 1.807) is 36.4 Å². The number of amides is 1. The van der Waals surface area contributed by atoms with Crippen molar-refractivity contribution in [3.8, 4) is 11.3 Å². The second-order valence-corrected chi connectivity index (χ2v) is 10.2. The maximum Gasteiger partial charge on any atom is 0.228 e. The monoisotopic (exact) mass is 468 g/mol.